The van der Waals surface area contributed by atoms with Crippen molar-refractivity contribution in [1.82, 2.24) is 10.2 Å². The van der Waals surface area contributed by atoms with E-state index in [0.717, 1.165) is 6.07 Å². The molecule has 0 atom stereocenters. The topological polar surface area (TPSA) is 67.3 Å². The minimum atomic E-state index is -0.888. The summed E-state index contributed by atoms with van der Waals surface area (Å²) in [6, 6.07) is 4.03. The quantitative estimate of drug-likeness (QED) is 0.628. The van der Waals surface area contributed by atoms with Crippen LogP contribution in [-0.4, -0.2) is 28.5 Å². The Morgan fingerprint density at radius 1 is 1.39 bits per heavy atom. The predicted octanol–water partition coefficient (Wildman–Crippen LogP) is 3.35. The van der Waals surface area contributed by atoms with E-state index in [-0.39, 0.29) is 25.0 Å². The summed E-state index contributed by atoms with van der Waals surface area (Å²) >= 11 is 0. The van der Waals surface area contributed by atoms with Crippen LogP contribution in [0.1, 0.15) is 25.3 Å². The monoisotopic (exact) mass is 321 g/mol. The van der Waals surface area contributed by atoms with Crippen molar-refractivity contribution in [3.8, 4) is 0 Å². The molecule has 0 aliphatic heterocycles. The molecule has 2 aromatic rings. The molecule has 1 N–H and O–H groups in total. The average Bonchev–Trinajstić information content (AvgIpc) is 3.01. The van der Waals surface area contributed by atoms with Crippen LogP contribution in [0.4, 0.5) is 14.5 Å². The molecule has 0 radical (unpaired) electrons. The number of nitrogens with zero attached hydrogens (tertiary/aromatic N) is 2. The smallest absolute Gasteiger partial charge is 0.311 e. The van der Waals surface area contributed by atoms with E-state index < -0.39 is 17.6 Å². The Hall–Kier alpha value is -2.57. The Bertz CT molecular complexity index is 685. The molecule has 0 fully saturated rings. The molecule has 0 saturated carbocycles. The second kappa shape index (κ2) is 8.17. The van der Waals surface area contributed by atoms with Crippen molar-refractivity contribution in [2.45, 2.75) is 26.2 Å². The van der Waals surface area contributed by atoms with Gasteiger partial charge in [-0.15, -0.1) is 0 Å². The van der Waals surface area contributed by atoms with Gasteiger partial charge < -0.3 is 4.74 Å². The molecule has 7 heteroatoms. The Labute approximate surface area is 132 Å². The summed E-state index contributed by atoms with van der Waals surface area (Å²) < 4.78 is 31.8. The fourth-order valence-electron chi connectivity index (χ4n) is 2.07. The minimum Gasteiger partial charge on any atom is -0.466 e. The summed E-state index contributed by atoms with van der Waals surface area (Å²) in [6.07, 6.45) is 3.63. The molecule has 0 aliphatic rings. The number of aliphatic imine (C=N–C) groups is 1. The number of carbonyl (C=O) groups is 1. The third-order valence-corrected chi connectivity index (χ3v) is 3.14. The number of hydrogen-bond acceptors (Lipinski definition) is 4. The zero-order valence-electron chi connectivity index (χ0n) is 12.7. The molecule has 0 unspecified atom stereocenters. The first-order valence-electron chi connectivity index (χ1n) is 7.24. The Morgan fingerprint density at radius 3 is 2.91 bits per heavy atom. The van der Waals surface area contributed by atoms with Gasteiger partial charge in [-0.05, 0) is 31.4 Å². The molecule has 0 bridgehead atoms. The van der Waals surface area contributed by atoms with Crippen LogP contribution in [0.3, 0.4) is 0 Å². The van der Waals surface area contributed by atoms with Crippen molar-refractivity contribution in [3.05, 3.63) is 47.8 Å². The van der Waals surface area contributed by atoms with Gasteiger partial charge >= 0.3 is 5.97 Å². The zero-order chi connectivity index (χ0) is 16.7. The number of hydrogen-bond donors (Lipinski definition) is 1. The van der Waals surface area contributed by atoms with E-state index in [1.807, 2.05) is 0 Å². The highest BCUT2D eigenvalue weighted by molar-refractivity contribution is 6.00. The van der Waals surface area contributed by atoms with Crippen LogP contribution in [0.5, 0.6) is 0 Å². The highest BCUT2D eigenvalue weighted by Crippen LogP contribution is 2.16. The number of benzene rings is 1. The first kappa shape index (κ1) is 16.8. The highest BCUT2D eigenvalue weighted by Gasteiger charge is 2.12. The van der Waals surface area contributed by atoms with E-state index in [0.29, 0.717) is 17.8 Å². The van der Waals surface area contributed by atoms with Gasteiger partial charge in [0.05, 0.1) is 19.2 Å². The van der Waals surface area contributed by atoms with E-state index in [1.165, 1.54) is 18.3 Å². The highest BCUT2D eigenvalue weighted by atomic mass is 19.2. The largest absolute Gasteiger partial charge is 0.466 e. The third kappa shape index (κ3) is 4.98. The summed E-state index contributed by atoms with van der Waals surface area (Å²) in [5.41, 5.74) is 1.33. The second-order valence-electron chi connectivity index (χ2n) is 4.83. The molecule has 1 heterocycles. The van der Waals surface area contributed by atoms with Gasteiger partial charge in [0.15, 0.2) is 11.6 Å². The summed E-state index contributed by atoms with van der Waals surface area (Å²) in [6.45, 7) is 1.99. The number of aromatic amines is 1. The van der Waals surface area contributed by atoms with Gasteiger partial charge in [0.2, 0.25) is 0 Å². The first-order chi connectivity index (χ1) is 11.1. The summed E-state index contributed by atoms with van der Waals surface area (Å²) in [4.78, 5) is 16.0. The van der Waals surface area contributed by atoms with Gasteiger partial charge in [0.25, 0.3) is 0 Å². The molecule has 23 heavy (non-hydrogen) atoms. The Kier molecular flexibility index (Phi) is 5.96. The number of nitrogens with one attached hydrogen (secondary N) is 1. The summed E-state index contributed by atoms with van der Waals surface area (Å²) in [5.74, 6) is -2.16. The third-order valence-electron chi connectivity index (χ3n) is 3.14. The lowest BCUT2D eigenvalue weighted by molar-refractivity contribution is -0.141. The number of halogens is 2. The van der Waals surface area contributed by atoms with Crippen molar-refractivity contribution in [2.75, 3.05) is 6.61 Å². The maximum absolute atomic E-state index is 13.7. The van der Waals surface area contributed by atoms with Crippen LogP contribution in [-0.2, 0) is 16.0 Å². The molecular weight excluding hydrogens is 304 g/mol. The molecule has 0 amide bonds. The number of ether oxygens (including phenoxy) is 1. The van der Waals surface area contributed by atoms with Gasteiger partial charge in [-0.2, -0.15) is 5.10 Å². The lowest BCUT2D eigenvalue weighted by atomic mass is 10.0. The predicted molar refractivity (Wildman–Crippen MR) is 81.6 cm³/mol. The van der Waals surface area contributed by atoms with Crippen LogP contribution in [0.15, 0.2) is 35.6 Å². The van der Waals surface area contributed by atoms with E-state index in [1.54, 1.807) is 13.1 Å². The molecule has 0 saturated heterocycles. The van der Waals surface area contributed by atoms with Crippen LogP contribution >= 0.6 is 0 Å². The standard InChI is InChI=1S/C16H17F2N3O2/c1-2-23-15(22)8-12(21-13-9-19-20-10-13)7-6-11-4-3-5-14(17)16(11)18/h3-5,9-10H,2,6-8H2,1H3,(H,19,20). The average molecular weight is 321 g/mol. The Morgan fingerprint density at radius 2 is 2.22 bits per heavy atom. The van der Waals surface area contributed by atoms with Gasteiger partial charge in [-0.1, -0.05) is 12.1 Å². The van der Waals surface area contributed by atoms with Crippen LogP contribution in [0, 0.1) is 11.6 Å². The van der Waals surface area contributed by atoms with E-state index in [9.17, 15) is 13.6 Å². The molecule has 5 nitrogen and oxygen atoms in total. The van der Waals surface area contributed by atoms with Gasteiger partial charge in [-0.25, -0.2) is 8.78 Å². The van der Waals surface area contributed by atoms with Crippen LogP contribution in [0.25, 0.3) is 0 Å². The van der Waals surface area contributed by atoms with E-state index >= 15 is 0 Å². The molecule has 0 spiro atoms. The van der Waals surface area contributed by atoms with E-state index in [4.69, 9.17) is 4.74 Å². The first-order valence-corrected chi connectivity index (χ1v) is 7.24. The maximum atomic E-state index is 13.7. The SMILES string of the molecule is CCOC(=O)CC(CCc1cccc(F)c1F)=Nc1cn[nH]c1. The van der Waals surface area contributed by atoms with Crippen LogP contribution in [0.2, 0.25) is 0 Å². The van der Waals surface area contributed by atoms with Gasteiger partial charge in [-0.3, -0.25) is 14.9 Å². The molecular formula is C16H17F2N3O2. The number of esters is 1. The van der Waals surface area contributed by atoms with Gasteiger partial charge in [0, 0.05) is 11.9 Å². The lowest BCUT2D eigenvalue weighted by Crippen LogP contribution is -2.12. The summed E-state index contributed by atoms with van der Waals surface area (Å²) in [7, 11) is 0. The molecule has 2 rings (SSSR count). The van der Waals surface area contributed by atoms with Crippen molar-refractivity contribution in [2.24, 2.45) is 4.99 Å². The van der Waals surface area contributed by atoms with Crippen LogP contribution < -0.4 is 0 Å². The molecule has 0 aliphatic carbocycles. The van der Waals surface area contributed by atoms with Crippen molar-refractivity contribution >= 4 is 17.4 Å². The van der Waals surface area contributed by atoms with Crippen molar-refractivity contribution in [1.29, 1.82) is 0 Å². The summed E-state index contributed by atoms with van der Waals surface area (Å²) in [5, 5.41) is 6.40. The van der Waals surface area contributed by atoms with Crippen molar-refractivity contribution < 1.29 is 18.3 Å². The number of carbonyl (C=O) groups excluding carboxylic acids is 1. The lowest BCUT2D eigenvalue weighted by Gasteiger charge is -2.07. The number of H-pyrrole nitrogens is 1. The molecule has 1 aromatic heterocycles. The molecule has 1 aromatic carbocycles. The fourth-order valence-corrected chi connectivity index (χ4v) is 2.07. The van der Waals surface area contributed by atoms with Gasteiger partial charge in [0.1, 0.15) is 5.69 Å². The normalized spacial score (nSPS) is 11.5. The Balaban J connectivity index is 2.11. The number of rotatable bonds is 7. The number of aryl methyl sites for hydroxylation is 1. The van der Waals surface area contributed by atoms with E-state index in [2.05, 4.69) is 15.2 Å². The minimum absolute atomic E-state index is 0.00401. The number of aromatic nitrogens is 2. The van der Waals surface area contributed by atoms with Crippen molar-refractivity contribution in [3.63, 3.8) is 0 Å². The second-order valence-corrected chi connectivity index (χ2v) is 4.83. The maximum Gasteiger partial charge on any atom is 0.311 e. The fraction of sp³-hybridized carbons (Fsp3) is 0.312. The molecule has 122 valence electrons. The zero-order valence-corrected chi connectivity index (χ0v) is 12.7.